The molecule has 226 valence electrons. The number of ether oxygens (including phenoxy) is 3. The molecule has 0 bridgehead atoms. The van der Waals surface area contributed by atoms with Crippen LogP contribution in [-0.2, 0) is 0 Å². The molecule has 0 heterocycles. The van der Waals surface area contributed by atoms with Gasteiger partial charge in [-0.15, -0.1) is 0 Å². The van der Waals surface area contributed by atoms with Crippen LogP contribution in [0, 0.1) is 6.92 Å². The highest BCUT2D eigenvalue weighted by Crippen LogP contribution is 2.33. The van der Waals surface area contributed by atoms with Crippen molar-refractivity contribution in [2.75, 3.05) is 18.5 Å². The molecule has 4 aromatic carbocycles. The van der Waals surface area contributed by atoms with Crippen molar-refractivity contribution in [1.29, 1.82) is 0 Å². The van der Waals surface area contributed by atoms with E-state index in [1.807, 2.05) is 32.9 Å². The molecule has 44 heavy (non-hydrogen) atoms. The van der Waals surface area contributed by atoms with Gasteiger partial charge in [0.25, 0.3) is 11.8 Å². The van der Waals surface area contributed by atoms with Crippen molar-refractivity contribution in [2.24, 2.45) is 5.10 Å². The van der Waals surface area contributed by atoms with Gasteiger partial charge in [0.15, 0.2) is 17.2 Å². The average molecular weight is 723 g/mol. The summed E-state index contributed by atoms with van der Waals surface area (Å²) in [5.74, 6) is -0.162. The van der Waals surface area contributed by atoms with Crippen LogP contribution >= 0.6 is 31.9 Å². The van der Waals surface area contributed by atoms with Gasteiger partial charge in [-0.05, 0) is 97.4 Å². The number of carbonyl (C=O) groups excluding carboxylic acids is 3. The number of nitrogens with zero attached hydrogens (tertiary/aromatic N) is 1. The summed E-state index contributed by atoms with van der Waals surface area (Å²) in [6, 6.07) is 21.8. The molecule has 0 spiro atoms. The predicted octanol–water partition coefficient (Wildman–Crippen LogP) is 7.55. The molecule has 9 nitrogen and oxygen atoms in total. The number of esters is 1. The number of anilines is 1. The van der Waals surface area contributed by atoms with Crippen molar-refractivity contribution in [3.63, 3.8) is 0 Å². The first-order chi connectivity index (χ1) is 21.2. The second kappa shape index (κ2) is 15.3. The Bertz CT molecular complexity index is 1710. The molecule has 2 amide bonds. The maximum Gasteiger partial charge on any atom is 0.343 e. The second-order valence-corrected chi connectivity index (χ2v) is 11.1. The highest BCUT2D eigenvalue weighted by atomic mass is 79.9. The summed E-state index contributed by atoms with van der Waals surface area (Å²) < 4.78 is 18.1. The number of hydrogen-bond acceptors (Lipinski definition) is 7. The molecule has 2 N–H and O–H groups in total. The summed E-state index contributed by atoms with van der Waals surface area (Å²) >= 11 is 6.85. The number of aryl methyl sites for hydroxylation is 1. The molecule has 0 radical (unpaired) electrons. The summed E-state index contributed by atoms with van der Waals surface area (Å²) in [5, 5.41) is 6.87. The van der Waals surface area contributed by atoms with E-state index in [0.717, 1.165) is 5.56 Å². The highest BCUT2D eigenvalue weighted by molar-refractivity contribution is 9.11. The lowest BCUT2D eigenvalue weighted by Crippen LogP contribution is -2.18. The predicted molar refractivity (Wildman–Crippen MR) is 176 cm³/mol. The third kappa shape index (κ3) is 8.55. The van der Waals surface area contributed by atoms with E-state index in [1.165, 1.54) is 12.3 Å². The number of rotatable bonds is 11. The first-order valence-corrected chi connectivity index (χ1v) is 15.2. The van der Waals surface area contributed by atoms with Crippen molar-refractivity contribution in [2.45, 2.75) is 20.8 Å². The van der Waals surface area contributed by atoms with Gasteiger partial charge in [0.2, 0.25) is 0 Å². The van der Waals surface area contributed by atoms with Gasteiger partial charge in [-0.2, -0.15) is 5.10 Å². The lowest BCUT2D eigenvalue weighted by atomic mass is 10.1. The molecular weight excluding hydrogens is 694 g/mol. The summed E-state index contributed by atoms with van der Waals surface area (Å²) in [4.78, 5) is 38.6. The zero-order valence-electron chi connectivity index (χ0n) is 24.1. The van der Waals surface area contributed by atoms with Gasteiger partial charge >= 0.3 is 5.97 Å². The lowest BCUT2D eigenvalue weighted by Gasteiger charge is -2.13. The second-order valence-electron chi connectivity index (χ2n) is 9.32. The lowest BCUT2D eigenvalue weighted by molar-refractivity contribution is 0.0732. The molecule has 0 aliphatic heterocycles. The van der Waals surface area contributed by atoms with E-state index in [9.17, 15) is 14.4 Å². The van der Waals surface area contributed by atoms with Gasteiger partial charge in [-0.1, -0.05) is 39.7 Å². The van der Waals surface area contributed by atoms with Gasteiger partial charge in [0.05, 0.1) is 29.5 Å². The zero-order valence-corrected chi connectivity index (χ0v) is 27.3. The molecule has 0 unspecified atom stereocenters. The van der Waals surface area contributed by atoms with E-state index in [4.69, 9.17) is 14.2 Å². The van der Waals surface area contributed by atoms with Crippen molar-refractivity contribution in [3.05, 3.63) is 116 Å². The minimum atomic E-state index is -0.537. The third-order valence-corrected chi connectivity index (χ3v) is 7.12. The number of hydrazone groups is 1. The first kappa shape index (κ1) is 32.4. The fourth-order valence-electron chi connectivity index (χ4n) is 3.98. The standard InChI is InChI=1S/C33H29Br2N3O6/c1-4-42-28-14-13-23(17-29(28)43-5-2)31(39)37-26-8-6-7-22(16-26)32(40)38-36-19-24-15-25(34)18-27(35)30(24)44-33(41)21-11-9-20(3)10-12-21/h6-19H,4-5H2,1-3H3,(H,37,39)(H,38,40). The van der Waals surface area contributed by atoms with Crippen molar-refractivity contribution in [3.8, 4) is 17.2 Å². The van der Waals surface area contributed by atoms with Gasteiger partial charge < -0.3 is 19.5 Å². The Morgan fingerprint density at radius 3 is 2.20 bits per heavy atom. The van der Waals surface area contributed by atoms with Crippen LogP contribution in [0.25, 0.3) is 0 Å². The van der Waals surface area contributed by atoms with Crippen LogP contribution in [0.1, 0.15) is 56.0 Å². The van der Waals surface area contributed by atoms with E-state index < -0.39 is 11.9 Å². The van der Waals surface area contributed by atoms with Crippen molar-refractivity contribution in [1.82, 2.24) is 5.43 Å². The maximum atomic E-state index is 12.9. The van der Waals surface area contributed by atoms with Crippen LogP contribution < -0.4 is 25.0 Å². The van der Waals surface area contributed by atoms with E-state index in [0.29, 0.717) is 56.0 Å². The van der Waals surface area contributed by atoms with E-state index in [2.05, 4.69) is 47.7 Å². The number of hydrogen-bond donors (Lipinski definition) is 2. The molecule has 4 aromatic rings. The fourth-order valence-corrected chi connectivity index (χ4v) is 5.32. The van der Waals surface area contributed by atoms with Crippen LogP contribution in [0.4, 0.5) is 5.69 Å². The van der Waals surface area contributed by atoms with Crippen LogP contribution in [0.2, 0.25) is 0 Å². The van der Waals surface area contributed by atoms with Crippen molar-refractivity contribution >= 4 is 61.5 Å². The smallest absolute Gasteiger partial charge is 0.343 e. The minimum absolute atomic E-state index is 0.239. The third-order valence-electron chi connectivity index (χ3n) is 6.08. The normalized spacial score (nSPS) is 10.8. The quantitative estimate of drug-likeness (QED) is 0.0715. The zero-order chi connectivity index (χ0) is 31.6. The van der Waals surface area contributed by atoms with Crippen LogP contribution in [0.5, 0.6) is 17.2 Å². The Labute approximate surface area is 271 Å². The fraction of sp³-hybridized carbons (Fsp3) is 0.152. The van der Waals surface area contributed by atoms with Crippen molar-refractivity contribution < 1.29 is 28.6 Å². The topological polar surface area (TPSA) is 115 Å². The van der Waals surface area contributed by atoms with E-state index >= 15 is 0 Å². The van der Waals surface area contributed by atoms with E-state index in [-0.39, 0.29) is 17.2 Å². The number of halogens is 2. The highest BCUT2D eigenvalue weighted by Gasteiger charge is 2.16. The Kier molecular flexibility index (Phi) is 11.3. The maximum absolute atomic E-state index is 12.9. The van der Waals surface area contributed by atoms with Gasteiger partial charge in [-0.3, -0.25) is 9.59 Å². The average Bonchev–Trinajstić information content (AvgIpc) is 3.00. The number of carbonyl (C=O) groups is 3. The molecule has 0 saturated carbocycles. The molecule has 11 heteroatoms. The van der Waals surface area contributed by atoms with Gasteiger partial charge in [0, 0.05) is 26.9 Å². The van der Waals surface area contributed by atoms with Gasteiger partial charge in [-0.25, -0.2) is 10.2 Å². The summed E-state index contributed by atoms with van der Waals surface area (Å²) in [6.07, 6.45) is 1.37. The Balaban J connectivity index is 1.45. The Morgan fingerprint density at radius 2 is 1.48 bits per heavy atom. The number of nitrogens with one attached hydrogen (secondary N) is 2. The molecule has 0 saturated heterocycles. The monoisotopic (exact) mass is 721 g/mol. The molecule has 0 fully saturated rings. The van der Waals surface area contributed by atoms with E-state index in [1.54, 1.807) is 60.7 Å². The SMILES string of the molecule is CCOc1ccc(C(=O)Nc2cccc(C(=O)NN=Cc3cc(Br)cc(Br)c3OC(=O)c3ccc(C)cc3)c2)cc1OCC. The van der Waals surface area contributed by atoms with Crippen LogP contribution in [-0.4, -0.2) is 37.2 Å². The largest absolute Gasteiger partial charge is 0.490 e. The Morgan fingerprint density at radius 1 is 0.795 bits per heavy atom. The summed E-state index contributed by atoms with van der Waals surface area (Å²) in [7, 11) is 0. The Hall–Kier alpha value is -4.48. The first-order valence-electron chi connectivity index (χ1n) is 13.6. The molecule has 0 aliphatic carbocycles. The molecule has 0 aliphatic rings. The number of amides is 2. The summed E-state index contributed by atoms with van der Waals surface area (Å²) in [6.45, 7) is 6.53. The van der Waals surface area contributed by atoms with Crippen LogP contribution in [0.15, 0.2) is 92.9 Å². The molecular formula is C33H29Br2N3O6. The molecule has 0 aromatic heterocycles. The number of benzene rings is 4. The summed E-state index contributed by atoms with van der Waals surface area (Å²) in [5.41, 5.74) is 5.38. The molecule has 0 atom stereocenters. The molecule has 4 rings (SSSR count). The minimum Gasteiger partial charge on any atom is -0.490 e. The van der Waals surface area contributed by atoms with Crippen LogP contribution in [0.3, 0.4) is 0 Å². The van der Waals surface area contributed by atoms with Gasteiger partial charge in [0.1, 0.15) is 0 Å².